The third-order valence-electron chi connectivity index (χ3n) is 3.94. The van der Waals surface area contributed by atoms with E-state index in [0.717, 1.165) is 5.56 Å². The van der Waals surface area contributed by atoms with Gasteiger partial charge >= 0.3 is 5.37 Å². The molecule has 0 aliphatic heterocycles. The van der Waals surface area contributed by atoms with Crippen molar-refractivity contribution < 1.29 is 27.4 Å². The molecule has 9 heteroatoms. The molecular weight excluding hydrogens is 393 g/mol. The van der Waals surface area contributed by atoms with Crippen molar-refractivity contribution in [1.29, 1.82) is 0 Å². The van der Waals surface area contributed by atoms with Crippen LogP contribution in [0.25, 0.3) is 0 Å². The maximum absolute atomic E-state index is 13.3. The van der Waals surface area contributed by atoms with Crippen LogP contribution in [-0.4, -0.2) is 23.0 Å². The van der Waals surface area contributed by atoms with Crippen LogP contribution in [-0.2, 0) is 11.3 Å². The Labute approximate surface area is 163 Å². The fourth-order valence-corrected chi connectivity index (χ4v) is 2.83. The van der Waals surface area contributed by atoms with Crippen LogP contribution >= 0.6 is 10.9 Å². The van der Waals surface area contributed by atoms with Gasteiger partial charge in [0.15, 0.2) is 0 Å². The zero-order valence-corrected chi connectivity index (χ0v) is 16.2. The molecular formula is C19H21F3N2O3S. The molecule has 0 heterocycles. The quantitative estimate of drug-likeness (QED) is 0.255. The maximum Gasteiger partial charge on any atom is 0.328 e. The molecule has 0 aliphatic carbocycles. The normalized spacial score (nSPS) is 12.4. The second-order valence-electron chi connectivity index (χ2n) is 6.63. The second kappa shape index (κ2) is 9.72. The first-order valence-electron chi connectivity index (χ1n) is 8.33. The number of benzene rings is 2. The number of ether oxygens (including phenoxy) is 1. The highest BCUT2D eigenvalue weighted by Crippen LogP contribution is 2.32. The Kier molecular flexibility index (Phi) is 7.61. The van der Waals surface area contributed by atoms with Crippen LogP contribution in [0.5, 0.6) is 11.5 Å². The summed E-state index contributed by atoms with van der Waals surface area (Å²) < 4.78 is 43.5. The zero-order valence-electron chi connectivity index (χ0n) is 15.3. The van der Waals surface area contributed by atoms with E-state index in [1.807, 2.05) is 12.1 Å². The lowest BCUT2D eigenvalue weighted by atomic mass is 9.92. The second-order valence-corrected chi connectivity index (χ2v) is 7.92. The molecule has 1 atom stereocenters. The summed E-state index contributed by atoms with van der Waals surface area (Å²) in [5.41, 5.74) is 1.84. The Balaban J connectivity index is 1.91. The molecule has 3 N–H and O–H groups in total. The molecule has 5 nitrogen and oxygen atoms in total. The molecule has 0 saturated carbocycles. The summed E-state index contributed by atoms with van der Waals surface area (Å²) in [6.07, 6.45) is 0. The van der Waals surface area contributed by atoms with Gasteiger partial charge in [0.1, 0.15) is 11.5 Å². The average molecular weight is 414 g/mol. The van der Waals surface area contributed by atoms with E-state index < -0.39 is 27.6 Å². The van der Waals surface area contributed by atoms with Gasteiger partial charge in [0.2, 0.25) is 5.91 Å². The minimum Gasteiger partial charge on any atom is -0.457 e. The predicted octanol–water partition coefficient (Wildman–Crippen LogP) is 4.64. The van der Waals surface area contributed by atoms with Gasteiger partial charge < -0.3 is 10.1 Å². The maximum atomic E-state index is 13.3. The van der Waals surface area contributed by atoms with E-state index in [0.29, 0.717) is 24.6 Å². The van der Waals surface area contributed by atoms with Crippen LogP contribution in [0.2, 0.25) is 0 Å². The number of nitrogens with one attached hydrogen (secondary N) is 2. The Hall–Kier alpha value is -2.36. The lowest BCUT2D eigenvalue weighted by Crippen LogP contribution is -2.42. The summed E-state index contributed by atoms with van der Waals surface area (Å²) in [4.78, 5) is 11.4. The van der Waals surface area contributed by atoms with Crippen LogP contribution < -0.4 is 15.5 Å². The van der Waals surface area contributed by atoms with Crippen molar-refractivity contribution in [3.05, 3.63) is 54.1 Å². The molecule has 2 rings (SSSR count). The summed E-state index contributed by atoms with van der Waals surface area (Å²) in [5.74, 6) is 0.475. The summed E-state index contributed by atoms with van der Waals surface area (Å²) in [5, 5.41) is 9.60. The summed E-state index contributed by atoms with van der Waals surface area (Å²) in [6, 6.07) is 12.5. The zero-order chi connectivity index (χ0) is 20.7. The topological polar surface area (TPSA) is 70.6 Å². The van der Waals surface area contributed by atoms with Gasteiger partial charge in [-0.05, 0) is 55.8 Å². The number of carbonyl (C=O) groups is 1. The number of carbonyl (C=O) groups excluding carboxylic acids is 1. The average Bonchev–Trinajstić information content (AvgIpc) is 2.68. The molecule has 2 aromatic rings. The van der Waals surface area contributed by atoms with Crippen LogP contribution in [0.4, 0.5) is 12.7 Å². The molecule has 0 aromatic heterocycles. The number of rotatable bonds is 8. The molecule has 0 bridgehead atoms. The van der Waals surface area contributed by atoms with E-state index in [2.05, 4.69) is 5.32 Å². The van der Waals surface area contributed by atoms with E-state index in [9.17, 15) is 17.5 Å². The van der Waals surface area contributed by atoms with Gasteiger partial charge in [-0.25, -0.2) is 5.48 Å². The van der Waals surface area contributed by atoms with Crippen LogP contribution in [0.1, 0.15) is 19.4 Å². The summed E-state index contributed by atoms with van der Waals surface area (Å²) in [7, 11) is -2.67. The number of hydrogen-bond acceptors (Lipinski definition) is 4. The Morgan fingerprint density at radius 2 is 1.61 bits per heavy atom. The van der Waals surface area contributed by atoms with Crippen molar-refractivity contribution in [3.63, 3.8) is 0 Å². The van der Waals surface area contributed by atoms with Crippen molar-refractivity contribution in [2.24, 2.45) is 5.41 Å². The Morgan fingerprint density at radius 1 is 1.07 bits per heavy atom. The van der Waals surface area contributed by atoms with E-state index in [4.69, 9.17) is 9.94 Å². The third-order valence-corrected chi connectivity index (χ3v) is 4.89. The van der Waals surface area contributed by atoms with E-state index >= 15 is 0 Å². The van der Waals surface area contributed by atoms with Crippen molar-refractivity contribution in [2.75, 3.05) is 6.54 Å². The highest BCUT2D eigenvalue weighted by molar-refractivity contribution is 8.11. The van der Waals surface area contributed by atoms with Crippen LogP contribution in [0, 0.1) is 5.41 Å². The van der Waals surface area contributed by atoms with Gasteiger partial charge in [-0.2, -0.15) is 12.7 Å². The monoisotopic (exact) mass is 414 g/mol. The number of hydroxylamine groups is 1. The Morgan fingerprint density at radius 3 is 2.11 bits per heavy atom. The van der Waals surface area contributed by atoms with Crippen LogP contribution in [0.3, 0.4) is 0 Å². The first kappa shape index (κ1) is 21.9. The molecule has 0 spiro atoms. The van der Waals surface area contributed by atoms with E-state index in [1.165, 1.54) is 24.3 Å². The molecule has 152 valence electrons. The lowest BCUT2D eigenvalue weighted by molar-refractivity contribution is -0.137. The number of halogens is 3. The largest absolute Gasteiger partial charge is 0.457 e. The molecule has 1 unspecified atom stereocenters. The molecule has 0 saturated heterocycles. The third kappa shape index (κ3) is 6.08. The van der Waals surface area contributed by atoms with Gasteiger partial charge in [0, 0.05) is 18.0 Å². The highest BCUT2D eigenvalue weighted by atomic mass is 32.2. The molecule has 0 aliphatic rings. The van der Waals surface area contributed by atoms with Gasteiger partial charge in [0.05, 0.1) is 16.3 Å². The number of hydrogen-bond donors (Lipinski definition) is 3. The molecule has 28 heavy (non-hydrogen) atoms. The van der Waals surface area contributed by atoms with Crippen molar-refractivity contribution in [2.45, 2.75) is 25.3 Å². The van der Waals surface area contributed by atoms with Gasteiger partial charge in [-0.1, -0.05) is 12.1 Å². The highest BCUT2D eigenvalue weighted by Gasteiger charge is 2.26. The van der Waals surface area contributed by atoms with Gasteiger partial charge in [-0.3, -0.25) is 10.0 Å². The van der Waals surface area contributed by atoms with Crippen molar-refractivity contribution in [3.8, 4) is 11.5 Å². The van der Waals surface area contributed by atoms with E-state index in [1.54, 1.807) is 31.5 Å². The van der Waals surface area contributed by atoms with E-state index in [-0.39, 0.29) is 4.90 Å². The van der Waals surface area contributed by atoms with Crippen LogP contribution in [0.15, 0.2) is 53.4 Å². The number of amides is 1. The minimum atomic E-state index is -2.67. The molecule has 0 radical (unpaired) electrons. The van der Waals surface area contributed by atoms with Gasteiger partial charge in [0.25, 0.3) is 0 Å². The summed E-state index contributed by atoms with van der Waals surface area (Å²) in [6.45, 7) is 4.30. The van der Waals surface area contributed by atoms with Gasteiger partial charge in [-0.15, -0.1) is 0 Å². The molecule has 2 aromatic carbocycles. The lowest BCUT2D eigenvalue weighted by Gasteiger charge is -2.22. The predicted molar refractivity (Wildman–Crippen MR) is 103 cm³/mol. The molecule has 1 amide bonds. The first-order chi connectivity index (χ1) is 13.2. The first-order valence-corrected chi connectivity index (χ1v) is 9.46. The SMILES string of the molecule is CC(C)(CNCc1ccc(Oc2ccc(S(F)=C(F)F)cc2)cc1)C(=O)NO. The smallest absolute Gasteiger partial charge is 0.328 e. The molecule has 0 fully saturated rings. The van der Waals surface area contributed by atoms with Crippen molar-refractivity contribution >= 4 is 22.1 Å². The van der Waals surface area contributed by atoms with Crippen molar-refractivity contribution in [1.82, 2.24) is 10.8 Å². The standard InChI is InChI=1S/C19H21F3N2O3S/c1-19(2,17(25)24-26)12-23-11-13-3-5-14(6-4-13)27-15-7-9-16(10-8-15)28(22)18(20)21/h3-10,23,26H,11-12H2,1-2H3,(H,24,25). The fraction of sp³-hybridized carbons (Fsp3) is 0.263. The minimum absolute atomic E-state index is 0.105. The Bertz CT molecular complexity index is 837. The fourth-order valence-electron chi connectivity index (χ4n) is 2.28. The summed E-state index contributed by atoms with van der Waals surface area (Å²) >= 11 is 0.